The first-order chi connectivity index (χ1) is 11.4. The molecule has 7 heteroatoms. The molecule has 2 amide bonds. The number of aryl methyl sites for hydroxylation is 1. The molecule has 0 spiro atoms. The van der Waals surface area contributed by atoms with E-state index in [0.717, 1.165) is 6.42 Å². The van der Waals surface area contributed by atoms with Gasteiger partial charge in [-0.25, -0.2) is 0 Å². The number of amides is 2. The number of carbonyl (C=O) groups is 2. The van der Waals surface area contributed by atoms with Crippen molar-refractivity contribution in [3.05, 3.63) is 23.8 Å². The van der Waals surface area contributed by atoms with Crippen LogP contribution >= 0.6 is 0 Å². The number of nitrogens with zero attached hydrogens (tertiary/aromatic N) is 1. The number of hydrogen-bond acceptors (Lipinski definition) is 3. The minimum Gasteiger partial charge on any atom is -0.433 e. The van der Waals surface area contributed by atoms with Crippen molar-refractivity contribution in [1.29, 1.82) is 0 Å². The van der Waals surface area contributed by atoms with Crippen LogP contribution in [0, 0.1) is 12.8 Å². The Morgan fingerprint density at radius 2 is 2.17 bits per heavy atom. The Balaban J connectivity index is 2.10. The van der Waals surface area contributed by atoms with Crippen LogP contribution in [-0.4, -0.2) is 36.4 Å². The van der Waals surface area contributed by atoms with Gasteiger partial charge in [0.15, 0.2) is 0 Å². The van der Waals surface area contributed by atoms with Crippen molar-refractivity contribution in [3.63, 3.8) is 0 Å². The zero-order chi connectivity index (χ0) is 17.7. The highest BCUT2D eigenvalue weighted by Gasteiger charge is 2.28. The molecule has 24 heavy (non-hydrogen) atoms. The quantitative estimate of drug-likeness (QED) is 0.896. The largest absolute Gasteiger partial charge is 0.433 e. The molecule has 132 valence electrons. The molecule has 5 nitrogen and oxygen atoms in total. The van der Waals surface area contributed by atoms with Crippen molar-refractivity contribution in [2.75, 3.05) is 18.4 Å². The number of carbonyl (C=O) groups excluding carboxylic acids is 2. The fraction of sp³-hybridized carbons (Fsp3) is 0.529. The number of alkyl halides is 2. The van der Waals surface area contributed by atoms with Crippen molar-refractivity contribution in [3.8, 4) is 5.75 Å². The van der Waals surface area contributed by atoms with Crippen molar-refractivity contribution in [2.24, 2.45) is 5.92 Å². The van der Waals surface area contributed by atoms with Gasteiger partial charge < -0.3 is 15.0 Å². The molecule has 1 N–H and O–H groups in total. The van der Waals surface area contributed by atoms with E-state index in [4.69, 9.17) is 0 Å². The van der Waals surface area contributed by atoms with E-state index in [2.05, 4.69) is 10.1 Å². The lowest BCUT2D eigenvalue weighted by Gasteiger charge is -2.32. The first-order valence-electron chi connectivity index (χ1n) is 8.05. The minimum atomic E-state index is -2.96. The number of hydrogen-bond donors (Lipinski definition) is 1. The van der Waals surface area contributed by atoms with Gasteiger partial charge >= 0.3 is 6.61 Å². The lowest BCUT2D eigenvalue weighted by Crippen LogP contribution is -2.43. The van der Waals surface area contributed by atoms with Gasteiger partial charge in [-0.2, -0.15) is 8.78 Å². The van der Waals surface area contributed by atoms with E-state index in [1.807, 2.05) is 0 Å². The summed E-state index contributed by atoms with van der Waals surface area (Å²) < 4.78 is 29.5. The maximum Gasteiger partial charge on any atom is 0.387 e. The Bertz CT molecular complexity index is 607. The Hall–Kier alpha value is -2.18. The van der Waals surface area contributed by atoms with E-state index < -0.39 is 6.61 Å². The molecular formula is C17H22F2N2O3. The van der Waals surface area contributed by atoms with Gasteiger partial charge in [-0.15, -0.1) is 0 Å². The Labute approximate surface area is 140 Å². The van der Waals surface area contributed by atoms with Gasteiger partial charge in [0.05, 0.1) is 11.6 Å². The molecule has 1 aromatic rings. The van der Waals surface area contributed by atoms with Crippen LogP contribution in [0.1, 0.15) is 31.7 Å². The van der Waals surface area contributed by atoms with Crippen LogP contribution in [0.25, 0.3) is 0 Å². The average molecular weight is 340 g/mol. The van der Waals surface area contributed by atoms with Gasteiger partial charge in [0.1, 0.15) is 5.75 Å². The lowest BCUT2D eigenvalue weighted by atomic mass is 9.96. The van der Waals surface area contributed by atoms with Gasteiger partial charge in [0.25, 0.3) is 0 Å². The minimum absolute atomic E-state index is 0.0186. The number of likely N-dealkylation sites (tertiary alicyclic amines) is 1. The number of anilines is 1. The summed E-state index contributed by atoms with van der Waals surface area (Å²) in [5.74, 6) is -0.675. The summed E-state index contributed by atoms with van der Waals surface area (Å²) in [6.45, 7) is 1.54. The first-order valence-corrected chi connectivity index (χ1v) is 8.05. The second-order valence-electron chi connectivity index (χ2n) is 5.85. The normalized spacial score (nSPS) is 17.7. The maximum atomic E-state index is 12.5. The molecule has 1 heterocycles. The van der Waals surface area contributed by atoms with E-state index >= 15 is 0 Å². The molecule has 0 bridgehead atoms. The Kier molecular flexibility index (Phi) is 6.11. The van der Waals surface area contributed by atoms with Crippen molar-refractivity contribution in [1.82, 2.24) is 4.90 Å². The molecule has 1 atom stereocenters. The second-order valence-corrected chi connectivity index (χ2v) is 5.85. The molecular weight excluding hydrogens is 318 g/mol. The van der Waals surface area contributed by atoms with Crippen LogP contribution in [0.3, 0.4) is 0 Å². The zero-order valence-corrected chi connectivity index (χ0v) is 13.9. The number of halogens is 2. The number of nitrogens with one attached hydrogen (secondary N) is 1. The molecule has 0 saturated carbocycles. The predicted molar refractivity (Wildman–Crippen MR) is 86.0 cm³/mol. The second kappa shape index (κ2) is 8.08. The zero-order valence-electron chi connectivity index (χ0n) is 13.9. The van der Waals surface area contributed by atoms with Crippen LogP contribution < -0.4 is 10.1 Å². The number of benzene rings is 1. The van der Waals surface area contributed by atoms with Gasteiger partial charge in [0.2, 0.25) is 11.8 Å². The summed E-state index contributed by atoms with van der Waals surface area (Å²) in [6.07, 6.45) is 1.81. The van der Waals surface area contributed by atoms with E-state index in [-0.39, 0.29) is 29.2 Å². The van der Waals surface area contributed by atoms with Gasteiger partial charge in [-0.1, -0.05) is 19.1 Å². The summed E-state index contributed by atoms with van der Waals surface area (Å²) >= 11 is 0. The third kappa shape index (κ3) is 4.43. The number of piperidine rings is 1. The van der Waals surface area contributed by atoms with Gasteiger partial charge in [0, 0.05) is 19.5 Å². The number of ether oxygens (including phenoxy) is 1. The third-order valence-corrected chi connectivity index (χ3v) is 4.15. The highest BCUT2D eigenvalue weighted by molar-refractivity contribution is 5.95. The van der Waals surface area contributed by atoms with Gasteiger partial charge in [-0.05, 0) is 31.4 Å². The number of para-hydroxylation sites is 1. The van der Waals surface area contributed by atoms with Crippen molar-refractivity contribution in [2.45, 2.75) is 39.7 Å². The van der Waals surface area contributed by atoms with E-state index in [1.165, 1.54) is 6.07 Å². The highest BCUT2D eigenvalue weighted by Crippen LogP contribution is 2.30. The van der Waals surface area contributed by atoms with Crippen LogP contribution in [0.15, 0.2) is 18.2 Å². The highest BCUT2D eigenvalue weighted by atomic mass is 19.3. The van der Waals surface area contributed by atoms with Gasteiger partial charge in [-0.3, -0.25) is 9.59 Å². The average Bonchev–Trinajstić information content (AvgIpc) is 2.56. The third-order valence-electron chi connectivity index (χ3n) is 4.15. The van der Waals surface area contributed by atoms with E-state index in [9.17, 15) is 18.4 Å². The molecule has 1 fully saturated rings. The van der Waals surface area contributed by atoms with Crippen LogP contribution in [0.5, 0.6) is 5.75 Å². The molecule has 1 aromatic carbocycles. The fourth-order valence-electron chi connectivity index (χ4n) is 2.86. The Morgan fingerprint density at radius 3 is 2.83 bits per heavy atom. The topological polar surface area (TPSA) is 58.6 Å². The monoisotopic (exact) mass is 340 g/mol. The number of rotatable bonds is 5. The summed E-state index contributed by atoms with van der Waals surface area (Å²) in [5, 5.41) is 2.70. The first kappa shape index (κ1) is 18.2. The summed E-state index contributed by atoms with van der Waals surface area (Å²) in [6, 6.07) is 4.69. The molecule has 1 unspecified atom stereocenters. The maximum absolute atomic E-state index is 12.5. The molecule has 1 aliphatic rings. The lowest BCUT2D eigenvalue weighted by molar-refractivity contribution is -0.134. The molecule has 2 rings (SSSR count). The van der Waals surface area contributed by atoms with E-state index in [0.29, 0.717) is 31.5 Å². The summed E-state index contributed by atoms with van der Waals surface area (Å²) in [4.78, 5) is 26.0. The molecule has 0 radical (unpaired) electrons. The molecule has 0 aliphatic carbocycles. The fourth-order valence-corrected chi connectivity index (χ4v) is 2.86. The van der Waals surface area contributed by atoms with Crippen LogP contribution in [0.4, 0.5) is 14.5 Å². The molecule has 1 aliphatic heterocycles. The van der Waals surface area contributed by atoms with Crippen LogP contribution in [0.2, 0.25) is 0 Å². The predicted octanol–water partition coefficient (Wildman–Crippen LogP) is 3.18. The molecule has 0 aromatic heterocycles. The SMILES string of the molecule is CCC(=O)N1CCCC(C(=O)Nc2c(C)cccc2OC(F)F)C1. The Morgan fingerprint density at radius 1 is 1.42 bits per heavy atom. The van der Waals surface area contributed by atoms with E-state index in [1.54, 1.807) is 30.9 Å². The van der Waals surface area contributed by atoms with Crippen LogP contribution in [-0.2, 0) is 9.59 Å². The van der Waals surface area contributed by atoms with Crippen molar-refractivity contribution < 1.29 is 23.1 Å². The summed E-state index contributed by atoms with van der Waals surface area (Å²) in [5.41, 5.74) is 0.889. The smallest absolute Gasteiger partial charge is 0.387 e. The standard InChI is InChI=1S/C17H22F2N2O3/c1-3-14(22)21-9-5-7-12(10-21)16(23)20-15-11(2)6-4-8-13(15)24-17(18)19/h4,6,8,12,17H,3,5,7,9-10H2,1-2H3,(H,20,23). The van der Waals surface area contributed by atoms with Crippen molar-refractivity contribution >= 4 is 17.5 Å². The summed E-state index contributed by atoms with van der Waals surface area (Å²) in [7, 11) is 0. The molecule has 1 saturated heterocycles.